The maximum Gasteiger partial charge on any atom is 0.125 e. The molecule has 0 saturated carbocycles. The first-order chi connectivity index (χ1) is 7.08. The van der Waals surface area contributed by atoms with Crippen molar-refractivity contribution in [1.29, 1.82) is 5.26 Å². The topological polar surface area (TPSA) is 59.0 Å². The van der Waals surface area contributed by atoms with Crippen molar-refractivity contribution in [2.24, 2.45) is 5.73 Å². The van der Waals surface area contributed by atoms with Crippen LogP contribution in [-0.4, -0.2) is 13.2 Å². The number of hydrogen-bond donors (Lipinski definition) is 1. The van der Waals surface area contributed by atoms with Crippen LogP contribution in [0.25, 0.3) is 0 Å². The summed E-state index contributed by atoms with van der Waals surface area (Å²) in [6.07, 6.45) is 0.446. The number of nitrogens with zero attached hydrogens (tertiary/aromatic N) is 1. The fourth-order valence-electron chi connectivity index (χ4n) is 1.53. The zero-order chi connectivity index (χ0) is 11.4. The lowest BCUT2D eigenvalue weighted by Crippen LogP contribution is -2.20. The van der Waals surface area contributed by atoms with Gasteiger partial charge < -0.3 is 10.5 Å². The van der Waals surface area contributed by atoms with Crippen molar-refractivity contribution >= 4 is 11.6 Å². The summed E-state index contributed by atoms with van der Waals surface area (Å²) < 4.78 is 5.25. The molecule has 0 aliphatic rings. The van der Waals surface area contributed by atoms with E-state index in [4.69, 9.17) is 27.3 Å². The molecule has 1 aromatic carbocycles. The number of halogens is 1. The number of nitriles is 1. The van der Waals surface area contributed by atoms with Crippen molar-refractivity contribution < 1.29 is 4.74 Å². The first-order valence-corrected chi connectivity index (χ1v) is 4.94. The van der Waals surface area contributed by atoms with Crippen LogP contribution in [0.15, 0.2) is 12.1 Å². The zero-order valence-corrected chi connectivity index (χ0v) is 9.51. The normalized spacial score (nSPS) is 11.9. The largest absolute Gasteiger partial charge is 0.496 e. The molecule has 80 valence electrons. The van der Waals surface area contributed by atoms with E-state index < -0.39 is 6.04 Å². The molecule has 0 amide bonds. The zero-order valence-electron chi connectivity index (χ0n) is 8.75. The average molecular weight is 225 g/mol. The molecule has 0 bridgehead atoms. The van der Waals surface area contributed by atoms with Crippen LogP contribution >= 0.6 is 11.6 Å². The van der Waals surface area contributed by atoms with Crippen LogP contribution < -0.4 is 10.5 Å². The van der Waals surface area contributed by atoms with Gasteiger partial charge in [0, 0.05) is 11.4 Å². The fraction of sp³-hybridized carbons (Fsp3) is 0.364. The lowest BCUT2D eigenvalue weighted by atomic mass is 10.0. The van der Waals surface area contributed by atoms with E-state index >= 15 is 0 Å². The van der Waals surface area contributed by atoms with Crippen molar-refractivity contribution in [3.8, 4) is 11.8 Å². The summed E-state index contributed by atoms with van der Waals surface area (Å²) >= 11 is 5.93. The second-order valence-electron chi connectivity index (χ2n) is 3.35. The van der Waals surface area contributed by atoms with Gasteiger partial charge in [-0.15, -0.1) is 0 Å². The Labute approximate surface area is 94.4 Å². The SMILES string of the molecule is COc1c(C)cc(Cl)cc1CC(N)C#N. The van der Waals surface area contributed by atoms with Gasteiger partial charge in [0.25, 0.3) is 0 Å². The Balaban J connectivity index is 3.10. The van der Waals surface area contributed by atoms with Crippen molar-refractivity contribution in [3.63, 3.8) is 0 Å². The number of methoxy groups -OCH3 is 1. The van der Waals surface area contributed by atoms with E-state index in [9.17, 15) is 0 Å². The third-order valence-corrected chi connectivity index (χ3v) is 2.34. The lowest BCUT2D eigenvalue weighted by Gasteiger charge is -2.12. The maximum absolute atomic E-state index is 8.65. The van der Waals surface area contributed by atoms with Gasteiger partial charge in [-0.25, -0.2) is 0 Å². The van der Waals surface area contributed by atoms with Gasteiger partial charge in [0.1, 0.15) is 5.75 Å². The van der Waals surface area contributed by atoms with Crippen LogP contribution in [0.1, 0.15) is 11.1 Å². The Morgan fingerprint density at radius 3 is 2.80 bits per heavy atom. The fourth-order valence-corrected chi connectivity index (χ4v) is 1.82. The first kappa shape index (κ1) is 11.8. The van der Waals surface area contributed by atoms with Crippen LogP contribution in [0.4, 0.5) is 0 Å². The minimum atomic E-state index is -0.531. The summed E-state index contributed by atoms with van der Waals surface area (Å²) in [6, 6.07) is 5.06. The van der Waals surface area contributed by atoms with E-state index in [0.717, 1.165) is 16.9 Å². The number of nitrogens with two attached hydrogens (primary N) is 1. The Morgan fingerprint density at radius 1 is 1.60 bits per heavy atom. The number of benzene rings is 1. The molecule has 0 aliphatic carbocycles. The van der Waals surface area contributed by atoms with E-state index in [-0.39, 0.29) is 0 Å². The van der Waals surface area contributed by atoms with Crippen LogP contribution in [-0.2, 0) is 6.42 Å². The van der Waals surface area contributed by atoms with E-state index in [1.807, 2.05) is 19.1 Å². The first-order valence-electron chi connectivity index (χ1n) is 4.56. The highest BCUT2D eigenvalue weighted by molar-refractivity contribution is 6.30. The van der Waals surface area contributed by atoms with Crippen molar-refractivity contribution in [2.45, 2.75) is 19.4 Å². The van der Waals surface area contributed by atoms with Crippen LogP contribution in [0, 0.1) is 18.3 Å². The lowest BCUT2D eigenvalue weighted by molar-refractivity contribution is 0.406. The number of ether oxygens (including phenoxy) is 1. The molecule has 0 radical (unpaired) electrons. The highest BCUT2D eigenvalue weighted by Crippen LogP contribution is 2.28. The molecule has 0 spiro atoms. The minimum absolute atomic E-state index is 0.446. The summed E-state index contributed by atoms with van der Waals surface area (Å²) in [5.41, 5.74) is 7.39. The molecule has 3 nitrogen and oxygen atoms in total. The molecule has 0 aromatic heterocycles. The highest BCUT2D eigenvalue weighted by Gasteiger charge is 2.11. The number of aryl methyl sites for hydroxylation is 1. The molecule has 1 aromatic rings. The molecule has 0 heterocycles. The summed E-state index contributed by atoms with van der Waals surface area (Å²) in [5.74, 6) is 0.755. The smallest absolute Gasteiger partial charge is 0.125 e. The molecular weight excluding hydrogens is 212 g/mol. The van der Waals surface area contributed by atoms with E-state index in [2.05, 4.69) is 0 Å². The molecule has 0 aliphatic heterocycles. The third kappa shape index (κ3) is 2.85. The molecule has 1 rings (SSSR count). The van der Waals surface area contributed by atoms with Gasteiger partial charge in [0.05, 0.1) is 19.2 Å². The highest BCUT2D eigenvalue weighted by atomic mass is 35.5. The van der Waals surface area contributed by atoms with Gasteiger partial charge in [-0.05, 0) is 30.2 Å². The molecule has 15 heavy (non-hydrogen) atoms. The van der Waals surface area contributed by atoms with E-state index in [1.165, 1.54) is 0 Å². The molecular formula is C11H13ClN2O. The van der Waals surface area contributed by atoms with Gasteiger partial charge in [0.2, 0.25) is 0 Å². The van der Waals surface area contributed by atoms with Gasteiger partial charge in [-0.1, -0.05) is 11.6 Å². The summed E-state index contributed by atoms with van der Waals surface area (Å²) in [7, 11) is 1.59. The Kier molecular flexibility index (Phi) is 3.96. The minimum Gasteiger partial charge on any atom is -0.496 e. The molecule has 0 fully saturated rings. The number of hydrogen-bond acceptors (Lipinski definition) is 3. The standard InChI is InChI=1S/C11H13ClN2O/c1-7-3-9(12)4-8(11(7)15-2)5-10(14)6-13/h3-4,10H,5,14H2,1-2H3. The molecule has 1 atom stereocenters. The molecule has 1 unspecified atom stereocenters. The number of rotatable bonds is 3. The van der Waals surface area contributed by atoms with Crippen LogP contribution in [0.3, 0.4) is 0 Å². The predicted molar refractivity (Wildman–Crippen MR) is 60.0 cm³/mol. The third-order valence-electron chi connectivity index (χ3n) is 2.13. The van der Waals surface area contributed by atoms with Crippen molar-refractivity contribution in [3.05, 3.63) is 28.3 Å². The Bertz CT molecular complexity index is 398. The summed E-state index contributed by atoms with van der Waals surface area (Å²) in [5, 5.41) is 9.28. The van der Waals surface area contributed by atoms with Crippen LogP contribution in [0.2, 0.25) is 5.02 Å². The van der Waals surface area contributed by atoms with Crippen molar-refractivity contribution in [1.82, 2.24) is 0 Å². The molecule has 2 N–H and O–H groups in total. The van der Waals surface area contributed by atoms with Crippen LogP contribution in [0.5, 0.6) is 5.75 Å². The van der Waals surface area contributed by atoms with Gasteiger partial charge in [-0.3, -0.25) is 0 Å². The predicted octanol–water partition coefficient (Wildman–Crippen LogP) is 2.05. The van der Waals surface area contributed by atoms with Crippen molar-refractivity contribution in [2.75, 3.05) is 7.11 Å². The van der Waals surface area contributed by atoms with Gasteiger partial charge in [0.15, 0.2) is 0 Å². The average Bonchev–Trinajstić information content (AvgIpc) is 2.17. The van der Waals surface area contributed by atoms with E-state index in [1.54, 1.807) is 13.2 Å². The molecule has 4 heteroatoms. The Hall–Kier alpha value is -1.24. The second kappa shape index (κ2) is 5.01. The van der Waals surface area contributed by atoms with E-state index in [0.29, 0.717) is 11.4 Å². The Morgan fingerprint density at radius 2 is 2.27 bits per heavy atom. The van der Waals surface area contributed by atoms with Gasteiger partial charge >= 0.3 is 0 Å². The second-order valence-corrected chi connectivity index (χ2v) is 3.79. The summed E-state index contributed by atoms with van der Waals surface area (Å²) in [6.45, 7) is 1.91. The maximum atomic E-state index is 8.65. The van der Waals surface area contributed by atoms with Gasteiger partial charge in [-0.2, -0.15) is 5.26 Å². The summed E-state index contributed by atoms with van der Waals surface area (Å²) in [4.78, 5) is 0. The molecule has 0 saturated heterocycles. The quantitative estimate of drug-likeness (QED) is 0.855. The monoisotopic (exact) mass is 224 g/mol.